The van der Waals surface area contributed by atoms with Crippen molar-refractivity contribution in [1.82, 2.24) is 0 Å². The van der Waals surface area contributed by atoms with Crippen LogP contribution in [0.4, 0.5) is 0 Å². The van der Waals surface area contributed by atoms with Crippen molar-refractivity contribution in [3.63, 3.8) is 0 Å². The molecule has 0 radical (unpaired) electrons. The van der Waals surface area contributed by atoms with Gasteiger partial charge in [0.05, 0.1) is 12.6 Å². The van der Waals surface area contributed by atoms with E-state index in [1.165, 1.54) is 0 Å². The van der Waals surface area contributed by atoms with Crippen molar-refractivity contribution in [2.24, 2.45) is 0 Å². The molecule has 0 aliphatic heterocycles. The van der Waals surface area contributed by atoms with Gasteiger partial charge in [0.15, 0.2) is 0 Å². The molecule has 0 saturated carbocycles. The van der Waals surface area contributed by atoms with Crippen molar-refractivity contribution in [2.75, 3.05) is 6.61 Å². The molecule has 0 rings (SSSR count). The van der Waals surface area contributed by atoms with Crippen LogP contribution in [0, 0.1) is 0 Å². The third kappa shape index (κ3) is 13.7. The minimum absolute atomic E-state index is 0. The Bertz CT molecular complexity index is 213. The van der Waals surface area contributed by atoms with Gasteiger partial charge in [-0.1, -0.05) is 26.2 Å². The Balaban J connectivity index is 0. The first-order chi connectivity index (χ1) is 6.66. The first-order valence-corrected chi connectivity index (χ1v) is 4.72. The van der Waals surface area contributed by atoms with Crippen molar-refractivity contribution in [2.45, 2.75) is 32.6 Å². The molecule has 0 heterocycles. The first kappa shape index (κ1) is 17.1. The number of carboxylic acid groups (broad SMARTS) is 1. The second-order valence-corrected chi connectivity index (χ2v) is 2.88. The molecule has 4 nitrogen and oxygen atoms in total. The summed E-state index contributed by atoms with van der Waals surface area (Å²) in [6.07, 6.45) is 5.60. The summed E-state index contributed by atoms with van der Waals surface area (Å²) in [4.78, 5) is 20.7. The van der Waals surface area contributed by atoms with E-state index in [2.05, 4.69) is 6.92 Å². The van der Waals surface area contributed by atoms with E-state index in [4.69, 9.17) is 4.74 Å². The van der Waals surface area contributed by atoms with Crippen LogP contribution in [0.1, 0.15) is 32.6 Å². The SMILES string of the molecule is CCCCCCOC(=O)/C=C\C(=O)[O-].[Na+]. The van der Waals surface area contributed by atoms with E-state index >= 15 is 0 Å². The Morgan fingerprint density at radius 2 is 1.87 bits per heavy atom. The van der Waals surface area contributed by atoms with E-state index in [1.807, 2.05) is 0 Å². The number of hydrogen-bond acceptors (Lipinski definition) is 4. The Hall–Kier alpha value is -0.320. The third-order valence-electron chi connectivity index (χ3n) is 1.60. The number of hydrogen-bond donors (Lipinski definition) is 0. The van der Waals surface area contributed by atoms with Crippen LogP contribution in [0.15, 0.2) is 12.2 Å². The van der Waals surface area contributed by atoms with Crippen LogP contribution >= 0.6 is 0 Å². The average Bonchev–Trinajstić information content (AvgIpc) is 2.14. The van der Waals surface area contributed by atoms with Crippen molar-refractivity contribution in [3.8, 4) is 0 Å². The predicted molar refractivity (Wildman–Crippen MR) is 49.2 cm³/mol. The predicted octanol–water partition coefficient (Wildman–Crippen LogP) is -2.58. The average molecular weight is 222 g/mol. The molecule has 80 valence electrons. The number of aliphatic carboxylic acids is 1. The molecule has 0 saturated heterocycles. The summed E-state index contributed by atoms with van der Waals surface area (Å²) in [5, 5.41) is 9.91. The molecule has 0 atom stereocenters. The van der Waals surface area contributed by atoms with Crippen molar-refractivity contribution < 1.29 is 49.0 Å². The van der Waals surface area contributed by atoms with Gasteiger partial charge in [-0.05, 0) is 12.5 Å². The van der Waals surface area contributed by atoms with E-state index in [1.54, 1.807) is 0 Å². The van der Waals surface area contributed by atoms with Crippen LogP contribution < -0.4 is 34.7 Å². The molecule has 0 aromatic carbocycles. The van der Waals surface area contributed by atoms with Gasteiger partial charge in [0.25, 0.3) is 0 Å². The number of carbonyl (C=O) groups is 2. The molecule has 0 amide bonds. The van der Waals surface area contributed by atoms with Gasteiger partial charge in [-0.2, -0.15) is 0 Å². The Kier molecular flexibility index (Phi) is 13.4. The second kappa shape index (κ2) is 11.8. The van der Waals surface area contributed by atoms with E-state index in [0.29, 0.717) is 12.7 Å². The van der Waals surface area contributed by atoms with Crippen LogP contribution in [-0.4, -0.2) is 18.5 Å². The fraction of sp³-hybridized carbons (Fsp3) is 0.600. The molecular weight excluding hydrogens is 207 g/mol. The molecule has 0 bridgehead atoms. The molecule has 0 aliphatic rings. The molecular formula is C10H15NaO4. The van der Waals surface area contributed by atoms with Gasteiger partial charge in [0.2, 0.25) is 0 Å². The molecule has 15 heavy (non-hydrogen) atoms. The Morgan fingerprint density at radius 3 is 2.40 bits per heavy atom. The Morgan fingerprint density at radius 1 is 1.20 bits per heavy atom. The maximum absolute atomic E-state index is 10.8. The maximum atomic E-state index is 10.8. The van der Waals surface area contributed by atoms with E-state index in [0.717, 1.165) is 31.8 Å². The molecule has 0 unspecified atom stereocenters. The van der Waals surface area contributed by atoms with Gasteiger partial charge >= 0.3 is 35.5 Å². The van der Waals surface area contributed by atoms with Gasteiger partial charge in [-0.15, -0.1) is 0 Å². The molecule has 0 aliphatic carbocycles. The van der Waals surface area contributed by atoms with Gasteiger partial charge in [-0.3, -0.25) is 0 Å². The van der Waals surface area contributed by atoms with Gasteiger partial charge in [0, 0.05) is 6.08 Å². The zero-order valence-electron chi connectivity index (χ0n) is 9.32. The summed E-state index contributed by atoms with van der Waals surface area (Å²) >= 11 is 0. The smallest absolute Gasteiger partial charge is 0.545 e. The van der Waals surface area contributed by atoms with Crippen LogP contribution in [0.3, 0.4) is 0 Å². The number of unbranched alkanes of at least 4 members (excludes halogenated alkanes) is 3. The summed E-state index contributed by atoms with van der Waals surface area (Å²) < 4.78 is 4.72. The summed E-state index contributed by atoms with van der Waals surface area (Å²) in [5.41, 5.74) is 0. The quantitative estimate of drug-likeness (QED) is 0.205. The summed E-state index contributed by atoms with van der Waals surface area (Å²) in [5.74, 6) is -2.03. The largest absolute Gasteiger partial charge is 1.00 e. The van der Waals surface area contributed by atoms with E-state index in [9.17, 15) is 14.7 Å². The fourth-order valence-corrected chi connectivity index (χ4v) is 0.886. The number of carboxylic acids is 1. The zero-order valence-corrected chi connectivity index (χ0v) is 11.3. The monoisotopic (exact) mass is 222 g/mol. The Labute approximate surface area is 112 Å². The molecule has 0 aromatic heterocycles. The molecule has 0 N–H and O–H groups in total. The van der Waals surface area contributed by atoms with Crippen LogP contribution in [0.2, 0.25) is 0 Å². The van der Waals surface area contributed by atoms with Gasteiger partial charge < -0.3 is 14.6 Å². The summed E-state index contributed by atoms with van der Waals surface area (Å²) in [7, 11) is 0. The van der Waals surface area contributed by atoms with Crippen molar-refractivity contribution in [3.05, 3.63) is 12.2 Å². The van der Waals surface area contributed by atoms with E-state index in [-0.39, 0.29) is 29.6 Å². The summed E-state index contributed by atoms with van der Waals surface area (Å²) in [6.45, 7) is 2.44. The van der Waals surface area contributed by atoms with Gasteiger partial charge in [0.1, 0.15) is 0 Å². The minimum Gasteiger partial charge on any atom is -0.545 e. The number of rotatable bonds is 7. The minimum atomic E-state index is -1.40. The molecule has 5 heteroatoms. The van der Waals surface area contributed by atoms with Crippen LogP contribution in [0.25, 0.3) is 0 Å². The molecule has 0 fully saturated rings. The standard InChI is InChI=1S/C10H16O4.Na/c1-2-3-4-5-8-14-10(13)7-6-9(11)12;/h6-7H,2-5,8H2,1H3,(H,11,12);/q;+1/p-1/b7-6-;. The number of esters is 1. The van der Waals surface area contributed by atoms with Crippen LogP contribution in [0.5, 0.6) is 0 Å². The van der Waals surface area contributed by atoms with Crippen molar-refractivity contribution >= 4 is 11.9 Å². The topological polar surface area (TPSA) is 66.4 Å². The van der Waals surface area contributed by atoms with Crippen LogP contribution in [-0.2, 0) is 14.3 Å². The third-order valence-corrected chi connectivity index (χ3v) is 1.60. The number of carbonyl (C=O) groups excluding carboxylic acids is 2. The summed E-state index contributed by atoms with van der Waals surface area (Å²) in [6, 6.07) is 0. The van der Waals surface area contributed by atoms with E-state index < -0.39 is 11.9 Å². The van der Waals surface area contributed by atoms with Crippen molar-refractivity contribution in [1.29, 1.82) is 0 Å². The fourth-order valence-electron chi connectivity index (χ4n) is 0.886. The molecule has 0 aromatic rings. The normalized spacial score (nSPS) is 9.67. The first-order valence-electron chi connectivity index (χ1n) is 4.72. The van der Waals surface area contributed by atoms with Gasteiger partial charge in [-0.25, -0.2) is 4.79 Å². The zero-order chi connectivity index (χ0) is 10.8. The number of ether oxygens (including phenoxy) is 1. The molecule has 0 spiro atoms. The second-order valence-electron chi connectivity index (χ2n) is 2.88. The maximum Gasteiger partial charge on any atom is 1.00 e.